The maximum Gasteiger partial charge on any atom is 0.127 e. The Morgan fingerprint density at radius 3 is 2.94 bits per heavy atom. The highest BCUT2D eigenvalue weighted by Crippen LogP contribution is 2.24. The molecule has 1 heterocycles. The Labute approximate surface area is 96.1 Å². The first-order valence-electron chi connectivity index (χ1n) is 4.65. The molecule has 0 aliphatic rings. The lowest BCUT2D eigenvalue weighted by Crippen LogP contribution is -2.04. The lowest BCUT2D eigenvalue weighted by molar-refractivity contribution is 0.172. The molecule has 1 aromatic carbocycles. The standard InChI is InChI=1S/C10H9ClFN3O/c11-7-2-1-3-8(12)6(7)4-10(16)9-5-13-15-14-9/h1-3,5,10,16H,4H2,(H,13,14,15). The molecular formula is C10H9ClFN3O. The number of rotatable bonds is 3. The highest BCUT2D eigenvalue weighted by Gasteiger charge is 2.16. The molecule has 0 radical (unpaired) electrons. The molecule has 2 N–H and O–H groups in total. The average molecular weight is 242 g/mol. The van der Waals surface area contributed by atoms with Crippen molar-refractivity contribution in [2.45, 2.75) is 12.5 Å². The van der Waals surface area contributed by atoms with Crippen molar-refractivity contribution < 1.29 is 9.50 Å². The van der Waals surface area contributed by atoms with Crippen molar-refractivity contribution in [2.75, 3.05) is 0 Å². The molecule has 4 nitrogen and oxygen atoms in total. The third kappa shape index (κ3) is 2.20. The van der Waals surface area contributed by atoms with E-state index in [2.05, 4.69) is 15.4 Å². The zero-order chi connectivity index (χ0) is 11.5. The zero-order valence-electron chi connectivity index (χ0n) is 8.19. The van der Waals surface area contributed by atoms with E-state index in [0.29, 0.717) is 10.7 Å². The molecule has 1 aromatic heterocycles. The van der Waals surface area contributed by atoms with E-state index >= 15 is 0 Å². The predicted molar refractivity (Wildman–Crippen MR) is 56.5 cm³/mol. The van der Waals surface area contributed by atoms with Crippen LogP contribution in [-0.4, -0.2) is 20.5 Å². The van der Waals surface area contributed by atoms with Crippen LogP contribution in [0.3, 0.4) is 0 Å². The number of H-pyrrole nitrogens is 1. The van der Waals surface area contributed by atoms with Gasteiger partial charge in [-0.3, -0.25) is 0 Å². The van der Waals surface area contributed by atoms with Crippen LogP contribution in [0, 0.1) is 5.82 Å². The van der Waals surface area contributed by atoms with E-state index in [-0.39, 0.29) is 12.0 Å². The molecule has 2 aromatic rings. The van der Waals surface area contributed by atoms with Gasteiger partial charge in [-0.2, -0.15) is 15.4 Å². The molecule has 2 rings (SSSR count). The Hall–Kier alpha value is -1.46. The van der Waals surface area contributed by atoms with Crippen LogP contribution >= 0.6 is 11.6 Å². The molecule has 0 aliphatic heterocycles. The van der Waals surface area contributed by atoms with Gasteiger partial charge in [0.1, 0.15) is 17.6 Å². The highest BCUT2D eigenvalue weighted by molar-refractivity contribution is 6.31. The van der Waals surface area contributed by atoms with Crippen molar-refractivity contribution in [3.05, 3.63) is 46.5 Å². The summed E-state index contributed by atoms with van der Waals surface area (Å²) in [5.41, 5.74) is 0.638. The molecule has 0 fully saturated rings. The van der Waals surface area contributed by atoms with E-state index in [1.54, 1.807) is 6.07 Å². The van der Waals surface area contributed by atoms with Gasteiger partial charge in [0.05, 0.1) is 6.20 Å². The Balaban J connectivity index is 2.21. The largest absolute Gasteiger partial charge is 0.386 e. The summed E-state index contributed by atoms with van der Waals surface area (Å²) in [6.45, 7) is 0. The molecular weight excluding hydrogens is 233 g/mol. The van der Waals surface area contributed by atoms with Crippen LogP contribution in [-0.2, 0) is 6.42 Å². The van der Waals surface area contributed by atoms with Gasteiger partial charge in [0.2, 0.25) is 0 Å². The van der Waals surface area contributed by atoms with E-state index in [9.17, 15) is 9.50 Å². The molecule has 6 heteroatoms. The lowest BCUT2D eigenvalue weighted by atomic mass is 10.1. The minimum Gasteiger partial charge on any atom is -0.386 e. The van der Waals surface area contributed by atoms with E-state index in [0.717, 1.165) is 0 Å². The molecule has 0 spiro atoms. The summed E-state index contributed by atoms with van der Waals surface area (Å²) in [5, 5.41) is 19.7. The number of aliphatic hydroxyl groups is 1. The fraction of sp³-hybridized carbons (Fsp3) is 0.200. The van der Waals surface area contributed by atoms with Gasteiger partial charge in [0, 0.05) is 17.0 Å². The summed E-state index contributed by atoms with van der Waals surface area (Å²) in [6.07, 6.45) is 0.533. The zero-order valence-corrected chi connectivity index (χ0v) is 8.95. The summed E-state index contributed by atoms with van der Waals surface area (Å²) in [5.74, 6) is -0.435. The molecule has 0 saturated carbocycles. The third-order valence-electron chi connectivity index (χ3n) is 2.23. The maximum absolute atomic E-state index is 13.4. The fourth-order valence-electron chi connectivity index (χ4n) is 1.40. The van der Waals surface area contributed by atoms with Gasteiger partial charge in [-0.1, -0.05) is 17.7 Å². The molecule has 0 bridgehead atoms. The van der Waals surface area contributed by atoms with Crippen molar-refractivity contribution in [1.29, 1.82) is 0 Å². The van der Waals surface area contributed by atoms with Crippen LogP contribution in [0.2, 0.25) is 5.02 Å². The number of nitrogens with one attached hydrogen (secondary N) is 1. The maximum atomic E-state index is 13.4. The van der Waals surface area contributed by atoms with E-state index < -0.39 is 11.9 Å². The van der Waals surface area contributed by atoms with Gasteiger partial charge in [-0.05, 0) is 12.1 Å². The van der Waals surface area contributed by atoms with E-state index in [1.807, 2.05) is 0 Å². The average Bonchev–Trinajstić information content (AvgIpc) is 2.76. The molecule has 16 heavy (non-hydrogen) atoms. The smallest absolute Gasteiger partial charge is 0.127 e. The summed E-state index contributed by atoms with van der Waals surface area (Å²) < 4.78 is 13.4. The second kappa shape index (κ2) is 4.59. The van der Waals surface area contributed by atoms with Gasteiger partial charge < -0.3 is 5.11 Å². The van der Waals surface area contributed by atoms with Gasteiger partial charge in [-0.15, -0.1) is 0 Å². The highest BCUT2D eigenvalue weighted by atomic mass is 35.5. The van der Waals surface area contributed by atoms with Crippen molar-refractivity contribution in [1.82, 2.24) is 15.4 Å². The molecule has 0 aliphatic carbocycles. The topological polar surface area (TPSA) is 61.8 Å². The number of nitrogens with zero attached hydrogens (tertiary/aromatic N) is 2. The Kier molecular flexibility index (Phi) is 3.17. The van der Waals surface area contributed by atoms with Gasteiger partial charge in [0.25, 0.3) is 0 Å². The predicted octanol–water partition coefficient (Wildman–Crippen LogP) is 1.87. The first-order chi connectivity index (χ1) is 7.68. The monoisotopic (exact) mass is 241 g/mol. The van der Waals surface area contributed by atoms with Gasteiger partial charge >= 0.3 is 0 Å². The summed E-state index contributed by atoms with van der Waals surface area (Å²) in [4.78, 5) is 0. The van der Waals surface area contributed by atoms with Crippen molar-refractivity contribution in [3.8, 4) is 0 Å². The fourth-order valence-corrected chi connectivity index (χ4v) is 1.64. The lowest BCUT2D eigenvalue weighted by Gasteiger charge is -2.09. The van der Waals surface area contributed by atoms with Gasteiger partial charge in [0.15, 0.2) is 0 Å². The van der Waals surface area contributed by atoms with Crippen molar-refractivity contribution in [3.63, 3.8) is 0 Å². The van der Waals surface area contributed by atoms with Crippen LogP contribution in [0.4, 0.5) is 4.39 Å². The minimum atomic E-state index is -0.923. The van der Waals surface area contributed by atoms with Crippen LogP contribution in [0.1, 0.15) is 17.4 Å². The molecule has 0 amide bonds. The third-order valence-corrected chi connectivity index (χ3v) is 2.59. The first kappa shape index (κ1) is 11.0. The Morgan fingerprint density at radius 1 is 1.50 bits per heavy atom. The van der Waals surface area contributed by atoms with Crippen molar-refractivity contribution >= 4 is 11.6 Å². The summed E-state index contributed by atoms with van der Waals surface area (Å²) >= 11 is 5.84. The number of aliphatic hydroxyl groups excluding tert-OH is 1. The normalized spacial score (nSPS) is 12.7. The number of aromatic nitrogens is 3. The van der Waals surface area contributed by atoms with Crippen molar-refractivity contribution in [2.24, 2.45) is 0 Å². The molecule has 84 valence electrons. The van der Waals surface area contributed by atoms with E-state index in [4.69, 9.17) is 11.6 Å². The number of hydrogen-bond donors (Lipinski definition) is 2. The quantitative estimate of drug-likeness (QED) is 0.863. The van der Waals surface area contributed by atoms with Gasteiger partial charge in [-0.25, -0.2) is 4.39 Å². The first-order valence-corrected chi connectivity index (χ1v) is 5.03. The molecule has 1 unspecified atom stereocenters. The minimum absolute atomic E-state index is 0.0675. The number of halogens is 2. The number of benzene rings is 1. The number of aromatic amines is 1. The second-order valence-corrected chi connectivity index (χ2v) is 3.72. The molecule has 0 saturated heterocycles. The van der Waals surface area contributed by atoms with Crippen LogP contribution in [0.25, 0.3) is 0 Å². The van der Waals surface area contributed by atoms with Crippen LogP contribution in [0.15, 0.2) is 24.4 Å². The Morgan fingerprint density at radius 2 is 2.31 bits per heavy atom. The molecule has 1 atom stereocenters. The summed E-state index contributed by atoms with van der Waals surface area (Å²) in [7, 11) is 0. The van der Waals surface area contributed by atoms with Crippen LogP contribution < -0.4 is 0 Å². The number of hydrogen-bond acceptors (Lipinski definition) is 3. The summed E-state index contributed by atoms with van der Waals surface area (Å²) in [6, 6.07) is 4.40. The Bertz CT molecular complexity index is 455. The SMILES string of the molecule is OC(Cc1c(F)cccc1Cl)c1cn[nH]n1. The second-order valence-electron chi connectivity index (χ2n) is 3.32. The van der Waals surface area contributed by atoms with Crippen LogP contribution in [0.5, 0.6) is 0 Å². The van der Waals surface area contributed by atoms with E-state index in [1.165, 1.54) is 18.3 Å².